The van der Waals surface area contributed by atoms with Gasteiger partial charge in [-0.05, 0) is 43.7 Å². The number of aromatic nitrogens is 2. The summed E-state index contributed by atoms with van der Waals surface area (Å²) >= 11 is 0. The summed E-state index contributed by atoms with van der Waals surface area (Å²) in [5.74, 6) is 1.58. The number of benzene rings is 2. The van der Waals surface area contributed by atoms with Gasteiger partial charge in [-0.1, -0.05) is 43.3 Å². The average molecular weight is 415 g/mol. The molecular formula is C25H25N3O3. The molecule has 0 aliphatic carbocycles. The van der Waals surface area contributed by atoms with Crippen molar-refractivity contribution in [2.24, 2.45) is 0 Å². The van der Waals surface area contributed by atoms with E-state index >= 15 is 0 Å². The van der Waals surface area contributed by atoms with Crippen LogP contribution in [0.15, 0.2) is 72.9 Å². The van der Waals surface area contributed by atoms with Gasteiger partial charge in [0.25, 0.3) is 5.91 Å². The zero-order valence-corrected chi connectivity index (χ0v) is 17.7. The van der Waals surface area contributed by atoms with Gasteiger partial charge >= 0.3 is 0 Å². The smallest absolute Gasteiger partial charge is 0.256 e. The maximum absolute atomic E-state index is 13.2. The highest BCUT2D eigenvalue weighted by atomic mass is 16.5. The average Bonchev–Trinajstić information content (AvgIpc) is 3.17. The maximum atomic E-state index is 13.2. The minimum Gasteiger partial charge on any atom is -0.490 e. The topological polar surface area (TPSA) is 64.9 Å². The number of nitrogens with zero attached hydrogens (tertiary/aromatic N) is 2. The third kappa shape index (κ3) is 4.38. The van der Waals surface area contributed by atoms with Gasteiger partial charge in [-0.25, -0.2) is 4.98 Å². The SMILES string of the molecule is CCCOc1ccc(C(=O)Nc2c(-c3ccccc3)nc3ccccn23)cc1OCC. The van der Waals surface area contributed by atoms with Crippen LogP contribution in [-0.4, -0.2) is 28.5 Å². The molecule has 2 aromatic carbocycles. The van der Waals surface area contributed by atoms with Crippen molar-refractivity contribution in [3.05, 3.63) is 78.5 Å². The lowest BCUT2D eigenvalue weighted by atomic mass is 10.1. The minimum atomic E-state index is -0.245. The van der Waals surface area contributed by atoms with E-state index in [0.717, 1.165) is 17.6 Å². The van der Waals surface area contributed by atoms with Crippen molar-refractivity contribution in [3.63, 3.8) is 0 Å². The monoisotopic (exact) mass is 415 g/mol. The number of imidazole rings is 1. The Morgan fingerprint density at radius 2 is 1.77 bits per heavy atom. The van der Waals surface area contributed by atoms with Gasteiger partial charge in [0.2, 0.25) is 0 Å². The molecule has 31 heavy (non-hydrogen) atoms. The van der Waals surface area contributed by atoms with Crippen LogP contribution in [0.1, 0.15) is 30.6 Å². The first-order chi connectivity index (χ1) is 15.2. The Balaban J connectivity index is 1.69. The van der Waals surface area contributed by atoms with Crippen LogP contribution in [0.3, 0.4) is 0 Å². The van der Waals surface area contributed by atoms with Crippen LogP contribution in [0.2, 0.25) is 0 Å². The summed E-state index contributed by atoms with van der Waals surface area (Å²) < 4.78 is 13.3. The van der Waals surface area contributed by atoms with Gasteiger partial charge in [0.05, 0.1) is 13.2 Å². The molecule has 0 radical (unpaired) electrons. The Kier molecular flexibility index (Phi) is 6.17. The van der Waals surface area contributed by atoms with Gasteiger partial charge in [-0.3, -0.25) is 9.20 Å². The highest BCUT2D eigenvalue weighted by molar-refractivity contribution is 6.06. The molecule has 2 heterocycles. The molecule has 0 aliphatic rings. The molecule has 4 rings (SSSR count). The lowest BCUT2D eigenvalue weighted by molar-refractivity contribution is 0.102. The standard InChI is InChI=1S/C25H25N3O3/c1-3-16-31-20-14-13-19(17-21(20)30-4-2)25(29)27-24-23(18-10-6-5-7-11-18)26-22-12-8-9-15-28(22)24/h5-15,17H,3-4,16H2,1-2H3,(H,27,29). The van der Waals surface area contributed by atoms with Gasteiger partial charge in [0.15, 0.2) is 11.5 Å². The molecule has 0 saturated heterocycles. The second-order valence-corrected chi connectivity index (χ2v) is 7.00. The molecule has 4 aromatic rings. The molecule has 0 saturated carbocycles. The Morgan fingerprint density at radius 3 is 2.55 bits per heavy atom. The van der Waals surface area contributed by atoms with Gasteiger partial charge in [0, 0.05) is 17.3 Å². The zero-order valence-electron chi connectivity index (χ0n) is 17.7. The predicted molar refractivity (Wildman–Crippen MR) is 122 cm³/mol. The molecule has 0 bridgehead atoms. The van der Waals surface area contributed by atoms with E-state index in [1.54, 1.807) is 18.2 Å². The van der Waals surface area contributed by atoms with Gasteiger partial charge in [-0.2, -0.15) is 0 Å². The summed E-state index contributed by atoms with van der Waals surface area (Å²) in [6.07, 6.45) is 2.78. The third-order valence-electron chi connectivity index (χ3n) is 4.78. The normalized spacial score (nSPS) is 10.8. The van der Waals surface area contributed by atoms with E-state index in [-0.39, 0.29) is 5.91 Å². The van der Waals surface area contributed by atoms with Crippen LogP contribution < -0.4 is 14.8 Å². The lowest BCUT2D eigenvalue weighted by Gasteiger charge is -2.13. The highest BCUT2D eigenvalue weighted by Gasteiger charge is 2.18. The second kappa shape index (κ2) is 9.34. The molecule has 0 fully saturated rings. The molecule has 1 amide bonds. The molecule has 158 valence electrons. The van der Waals surface area contributed by atoms with Crippen LogP contribution >= 0.6 is 0 Å². The number of hydrogen-bond acceptors (Lipinski definition) is 4. The van der Waals surface area contributed by atoms with E-state index in [0.29, 0.717) is 41.8 Å². The number of pyridine rings is 1. The molecule has 0 aliphatic heterocycles. The number of amides is 1. The van der Waals surface area contributed by atoms with Gasteiger partial charge in [0.1, 0.15) is 17.2 Å². The third-order valence-corrected chi connectivity index (χ3v) is 4.78. The number of rotatable bonds is 8. The summed E-state index contributed by atoms with van der Waals surface area (Å²) in [5, 5.41) is 3.05. The lowest BCUT2D eigenvalue weighted by Crippen LogP contribution is -2.14. The van der Waals surface area contributed by atoms with Crippen molar-refractivity contribution < 1.29 is 14.3 Å². The molecule has 1 N–H and O–H groups in total. The fraction of sp³-hybridized carbons (Fsp3) is 0.200. The fourth-order valence-electron chi connectivity index (χ4n) is 3.34. The number of fused-ring (bicyclic) bond motifs is 1. The molecule has 0 spiro atoms. The number of hydrogen-bond donors (Lipinski definition) is 1. The van der Waals surface area contributed by atoms with E-state index in [2.05, 4.69) is 5.32 Å². The van der Waals surface area contributed by atoms with Crippen molar-refractivity contribution in [1.82, 2.24) is 9.38 Å². The Labute approximate surface area is 181 Å². The highest BCUT2D eigenvalue weighted by Crippen LogP contribution is 2.31. The van der Waals surface area contributed by atoms with Crippen molar-refractivity contribution in [2.45, 2.75) is 20.3 Å². The van der Waals surface area contributed by atoms with Gasteiger partial charge in [-0.15, -0.1) is 0 Å². The molecular weight excluding hydrogens is 390 g/mol. The maximum Gasteiger partial charge on any atom is 0.256 e. The number of ether oxygens (including phenoxy) is 2. The van der Waals surface area contributed by atoms with Crippen molar-refractivity contribution in [2.75, 3.05) is 18.5 Å². The summed E-state index contributed by atoms with van der Waals surface area (Å²) in [4.78, 5) is 17.9. The van der Waals surface area contributed by atoms with E-state index in [1.807, 2.05) is 73.0 Å². The number of anilines is 1. The molecule has 6 nitrogen and oxygen atoms in total. The molecule has 6 heteroatoms. The van der Waals surface area contributed by atoms with Crippen LogP contribution in [0.4, 0.5) is 5.82 Å². The first kappa shape index (κ1) is 20.5. The first-order valence-electron chi connectivity index (χ1n) is 10.4. The van der Waals surface area contributed by atoms with E-state index in [9.17, 15) is 4.79 Å². The first-order valence-corrected chi connectivity index (χ1v) is 10.4. The van der Waals surface area contributed by atoms with Crippen molar-refractivity contribution in [1.29, 1.82) is 0 Å². The molecule has 2 aromatic heterocycles. The van der Waals surface area contributed by atoms with Crippen molar-refractivity contribution >= 4 is 17.4 Å². The largest absolute Gasteiger partial charge is 0.490 e. The van der Waals surface area contributed by atoms with Gasteiger partial charge < -0.3 is 14.8 Å². The Bertz CT molecular complexity index is 1190. The quantitative estimate of drug-likeness (QED) is 0.416. The van der Waals surface area contributed by atoms with Crippen LogP contribution in [0.25, 0.3) is 16.9 Å². The van der Waals surface area contributed by atoms with E-state index < -0.39 is 0 Å². The summed E-state index contributed by atoms with van der Waals surface area (Å²) in [7, 11) is 0. The van der Waals surface area contributed by atoms with E-state index in [4.69, 9.17) is 14.5 Å². The Morgan fingerprint density at radius 1 is 0.968 bits per heavy atom. The number of nitrogens with one attached hydrogen (secondary N) is 1. The summed E-state index contributed by atoms with van der Waals surface area (Å²) in [6.45, 7) is 5.02. The summed E-state index contributed by atoms with van der Waals surface area (Å²) in [5.41, 5.74) is 2.89. The van der Waals surface area contributed by atoms with E-state index in [1.165, 1.54) is 0 Å². The zero-order chi connectivity index (χ0) is 21.6. The van der Waals surface area contributed by atoms with Crippen LogP contribution in [-0.2, 0) is 0 Å². The Hall–Kier alpha value is -3.80. The number of carbonyl (C=O) groups excluding carboxylic acids is 1. The summed E-state index contributed by atoms with van der Waals surface area (Å²) in [6, 6.07) is 20.8. The fourth-order valence-corrected chi connectivity index (χ4v) is 3.34. The predicted octanol–water partition coefficient (Wildman–Crippen LogP) is 5.44. The molecule has 0 unspecified atom stereocenters. The number of carbonyl (C=O) groups is 1. The van der Waals surface area contributed by atoms with Crippen molar-refractivity contribution in [3.8, 4) is 22.8 Å². The minimum absolute atomic E-state index is 0.245. The molecule has 0 atom stereocenters. The van der Waals surface area contributed by atoms with Crippen LogP contribution in [0, 0.1) is 0 Å². The van der Waals surface area contributed by atoms with Crippen LogP contribution in [0.5, 0.6) is 11.5 Å². The second-order valence-electron chi connectivity index (χ2n) is 7.00.